The summed E-state index contributed by atoms with van der Waals surface area (Å²) in [7, 11) is 0. The largest absolute Gasteiger partial charge is 0.491 e. The lowest BCUT2D eigenvalue weighted by molar-refractivity contribution is 0.284. The van der Waals surface area contributed by atoms with Crippen molar-refractivity contribution in [3.05, 3.63) is 41.6 Å². The Hall–Kier alpha value is -1.97. The van der Waals surface area contributed by atoms with E-state index in [1.54, 1.807) is 10.7 Å². The summed E-state index contributed by atoms with van der Waals surface area (Å²) in [5.41, 5.74) is 8.09. The summed E-state index contributed by atoms with van der Waals surface area (Å²) in [6.45, 7) is 9.92. The summed E-state index contributed by atoms with van der Waals surface area (Å²) in [4.78, 5) is 0. The van der Waals surface area contributed by atoms with Crippen LogP contribution in [-0.4, -0.2) is 16.4 Å². The quantitative estimate of drug-likeness (QED) is 0.931. The molecule has 0 atom stereocenters. The molecule has 0 saturated heterocycles. The van der Waals surface area contributed by atoms with Gasteiger partial charge in [0.2, 0.25) is 0 Å². The number of nitrogen functional groups attached to an aromatic ring is 1. The average Bonchev–Trinajstić information content (AvgIpc) is 2.73. The van der Waals surface area contributed by atoms with E-state index in [1.807, 2.05) is 6.20 Å². The fourth-order valence-electron chi connectivity index (χ4n) is 2.12. The van der Waals surface area contributed by atoms with E-state index >= 15 is 0 Å². The van der Waals surface area contributed by atoms with Crippen LogP contribution in [0.25, 0.3) is 0 Å². The molecule has 108 valence electrons. The Morgan fingerprint density at radius 1 is 1.25 bits per heavy atom. The minimum atomic E-state index is 0.0686. The van der Waals surface area contributed by atoms with Crippen molar-refractivity contribution in [3.63, 3.8) is 0 Å². The molecule has 4 heteroatoms. The summed E-state index contributed by atoms with van der Waals surface area (Å²) >= 11 is 0. The molecule has 0 bridgehead atoms. The van der Waals surface area contributed by atoms with Crippen molar-refractivity contribution in [1.82, 2.24) is 9.78 Å². The van der Waals surface area contributed by atoms with Crippen LogP contribution >= 0.6 is 0 Å². The zero-order valence-electron chi connectivity index (χ0n) is 12.7. The molecule has 0 amide bonds. The smallest absolute Gasteiger partial charge is 0.145 e. The molecular weight excluding hydrogens is 250 g/mol. The summed E-state index contributed by atoms with van der Waals surface area (Å²) < 4.78 is 7.75. The molecule has 0 saturated carbocycles. The molecule has 2 N–H and O–H groups in total. The zero-order chi connectivity index (χ0) is 14.8. The highest BCUT2D eigenvalue weighted by molar-refractivity contribution is 5.41. The minimum Gasteiger partial charge on any atom is -0.491 e. The van der Waals surface area contributed by atoms with Gasteiger partial charge in [0.05, 0.1) is 6.54 Å². The molecular formula is C16H23N3O. The zero-order valence-corrected chi connectivity index (χ0v) is 12.7. The van der Waals surface area contributed by atoms with E-state index in [0.29, 0.717) is 19.0 Å². The molecule has 0 aliphatic rings. The van der Waals surface area contributed by atoms with Crippen LogP contribution < -0.4 is 10.5 Å². The van der Waals surface area contributed by atoms with Crippen LogP contribution in [0.5, 0.6) is 5.75 Å². The predicted octanol–water partition coefficient (Wildman–Crippen LogP) is 3.15. The van der Waals surface area contributed by atoms with E-state index in [0.717, 1.165) is 5.75 Å². The molecule has 4 nitrogen and oxygen atoms in total. The average molecular weight is 273 g/mol. The first-order chi connectivity index (χ1) is 9.36. The number of hydrogen-bond donors (Lipinski definition) is 1. The van der Waals surface area contributed by atoms with Crippen LogP contribution in [0, 0.1) is 6.92 Å². The van der Waals surface area contributed by atoms with E-state index in [9.17, 15) is 0 Å². The number of nitrogens with zero attached hydrogens (tertiary/aromatic N) is 2. The Morgan fingerprint density at radius 2 is 2.00 bits per heavy atom. The second kappa shape index (κ2) is 5.57. The maximum Gasteiger partial charge on any atom is 0.145 e. The lowest BCUT2D eigenvalue weighted by Gasteiger charge is -2.23. The molecule has 0 aliphatic heterocycles. The predicted molar refractivity (Wildman–Crippen MR) is 82.0 cm³/mol. The fourth-order valence-corrected chi connectivity index (χ4v) is 2.12. The van der Waals surface area contributed by atoms with Crippen molar-refractivity contribution in [1.29, 1.82) is 0 Å². The van der Waals surface area contributed by atoms with Gasteiger partial charge in [-0.1, -0.05) is 32.9 Å². The van der Waals surface area contributed by atoms with Crippen LogP contribution in [0.2, 0.25) is 0 Å². The lowest BCUT2D eigenvalue weighted by Crippen LogP contribution is -2.15. The highest BCUT2D eigenvalue weighted by Crippen LogP contribution is 2.32. The molecule has 0 fully saturated rings. The van der Waals surface area contributed by atoms with Gasteiger partial charge in [0.15, 0.2) is 0 Å². The third-order valence-corrected chi connectivity index (χ3v) is 3.18. The monoisotopic (exact) mass is 273 g/mol. The number of aryl methyl sites for hydroxylation is 1. The number of aromatic nitrogens is 2. The number of rotatable bonds is 4. The van der Waals surface area contributed by atoms with Crippen LogP contribution in [0.15, 0.2) is 30.5 Å². The SMILES string of the molecule is Cc1ccc(C(C)(C)C)c(OCCn2ccc(N)n2)c1. The molecule has 20 heavy (non-hydrogen) atoms. The first-order valence-electron chi connectivity index (χ1n) is 6.89. The van der Waals surface area contributed by atoms with Gasteiger partial charge in [-0.15, -0.1) is 0 Å². The van der Waals surface area contributed by atoms with Gasteiger partial charge in [-0.05, 0) is 35.6 Å². The van der Waals surface area contributed by atoms with Crippen molar-refractivity contribution in [2.45, 2.75) is 39.7 Å². The second-order valence-corrected chi connectivity index (χ2v) is 6.10. The Bertz CT molecular complexity index is 582. The Balaban J connectivity index is 2.06. The molecule has 1 aromatic carbocycles. The van der Waals surface area contributed by atoms with Crippen molar-refractivity contribution < 1.29 is 4.74 Å². The highest BCUT2D eigenvalue weighted by atomic mass is 16.5. The topological polar surface area (TPSA) is 53.1 Å². The number of nitrogens with two attached hydrogens (primary N) is 1. The molecule has 1 heterocycles. The molecule has 0 aliphatic carbocycles. The Morgan fingerprint density at radius 3 is 2.60 bits per heavy atom. The molecule has 0 spiro atoms. The van der Waals surface area contributed by atoms with Crippen LogP contribution in [-0.2, 0) is 12.0 Å². The van der Waals surface area contributed by atoms with Gasteiger partial charge in [-0.2, -0.15) is 5.10 Å². The molecule has 2 rings (SSSR count). The van der Waals surface area contributed by atoms with Crippen molar-refractivity contribution in [2.75, 3.05) is 12.3 Å². The van der Waals surface area contributed by atoms with E-state index in [1.165, 1.54) is 11.1 Å². The lowest BCUT2D eigenvalue weighted by atomic mass is 9.86. The standard InChI is InChI=1S/C16H23N3O/c1-12-5-6-13(16(2,3)4)14(11-12)20-10-9-19-8-7-15(17)18-19/h5-8,11H,9-10H2,1-4H3,(H2,17,18). The number of anilines is 1. The first kappa shape index (κ1) is 14.4. The number of ether oxygens (including phenoxy) is 1. The van der Waals surface area contributed by atoms with Crippen LogP contribution in [0.3, 0.4) is 0 Å². The third-order valence-electron chi connectivity index (χ3n) is 3.18. The molecule has 2 aromatic rings. The van der Waals surface area contributed by atoms with E-state index in [-0.39, 0.29) is 5.41 Å². The highest BCUT2D eigenvalue weighted by Gasteiger charge is 2.18. The van der Waals surface area contributed by atoms with Gasteiger partial charge in [-0.25, -0.2) is 0 Å². The summed E-state index contributed by atoms with van der Waals surface area (Å²) in [6, 6.07) is 8.16. The van der Waals surface area contributed by atoms with Crippen LogP contribution in [0.1, 0.15) is 31.9 Å². The van der Waals surface area contributed by atoms with Crippen molar-refractivity contribution >= 4 is 5.82 Å². The molecule has 0 radical (unpaired) electrons. The van der Waals surface area contributed by atoms with E-state index in [4.69, 9.17) is 10.5 Å². The Kier molecular flexibility index (Phi) is 4.02. The fraction of sp³-hybridized carbons (Fsp3) is 0.438. The van der Waals surface area contributed by atoms with E-state index in [2.05, 4.69) is 51.0 Å². The summed E-state index contributed by atoms with van der Waals surface area (Å²) in [5.74, 6) is 1.49. The van der Waals surface area contributed by atoms with Crippen LogP contribution in [0.4, 0.5) is 5.82 Å². The maximum absolute atomic E-state index is 5.96. The van der Waals surface area contributed by atoms with Gasteiger partial charge in [0, 0.05) is 6.20 Å². The van der Waals surface area contributed by atoms with Crippen molar-refractivity contribution in [2.24, 2.45) is 0 Å². The first-order valence-corrected chi connectivity index (χ1v) is 6.89. The van der Waals surface area contributed by atoms with Crippen molar-refractivity contribution in [3.8, 4) is 5.75 Å². The van der Waals surface area contributed by atoms with Gasteiger partial charge in [0.1, 0.15) is 18.2 Å². The van der Waals surface area contributed by atoms with Gasteiger partial charge in [0.25, 0.3) is 0 Å². The summed E-state index contributed by atoms with van der Waals surface area (Å²) in [6.07, 6.45) is 1.86. The Labute approximate surface area is 120 Å². The van der Waals surface area contributed by atoms with Gasteiger partial charge >= 0.3 is 0 Å². The van der Waals surface area contributed by atoms with Gasteiger partial charge < -0.3 is 10.5 Å². The van der Waals surface area contributed by atoms with E-state index < -0.39 is 0 Å². The van der Waals surface area contributed by atoms with Gasteiger partial charge in [-0.3, -0.25) is 4.68 Å². The maximum atomic E-state index is 5.96. The number of hydrogen-bond acceptors (Lipinski definition) is 3. The second-order valence-electron chi connectivity index (χ2n) is 6.10. The third kappa shape index (κ3) is 3.53. The molecule has 1 aromatic heterocycles. The normalized spacial score (nSPS) is 11.6. The number of benzene rings is 1. The molecule has 0 unspecified atom stereocenters. The summed E-state index contributed by atoms with van der Waals surface area (Å²) in [5, 5.41) is 4.15. The minimum absolute atomic E-state index is 0.0686.